The average molecular weight is 851 g/mol. The van der Waals surface area contributed by atoms with E-state index in [1.807, 2.05) is 78.9 Å². The number of ether oxygens (including phenoxy) is 2. The lowest BCUT2D eigenvalue weighted by molar-refractivity contribution is -0.134. The summed E-state index contributed by atoms with van der Waals surface area (Å²) in [6, 6.07) is 31.4. The quantitative estimate of drug-likeness (QED) is 0.0731. The van der Waals surface area contributed by atoms with Crippen molar-refractivity contribution in [3.8, 4) is 39.4 Å². The molecular formula is C48H50N8O7. The van der Waals surface area contributed by atoms with Gasteiger partial charge in [0.2, 0.25) is 11.8 Å². The number of carbonyl (C=O) groups excluding carboxylic acids is 3. The van der Waals surface area contributed by atoms with E-state index >= 15 is 0 Å². The maximum atomic E-state index is 14.0. The van der Waals surface area contributed by atoms with Gasteiger partial charge in [-0.1, -0.05) is 91.0 Å². The number of aromatic amines is 2. The predicted molar refractivity (Wildman–Crippen MR) is 235 cm³/mol. The summed E-state index contributed by atoms with van der Waals surface area (Å²) >= 11 is 0. The minimum Gasteiger partial charge on any atom is -0.489 e. The number of hydrogen-bond acceptors (Lipinski definition) is 8. The van der Waals surface area contributed by atoms with Gasteiger partial charge in [0.25, 0.3) is 0 Å². The number of amides is 4. The Balaban J connectivity index is 0.885. The van der Waals surface area contributed by atoms with Crippen LogP contribution in [-0.4, -0.2) is 91.1 Å². The van der Waals surface area contributed by atoms with Crippen LogP contribution in [0.3, 0.4) is 0 Å². The molecule has 4 heterocycles. The minimum atomic E-state index is -1.26. The number of carboxylic acid groups (broad SMARTS) is 1. The van der Waals surface area contributed by atoms with E-state index in [4.69, 9.17) is 9.72 Å². The Morgan fingerprint density at radius 2 is 1.22 bits per heavy atom. The molecule has 2 aliphatic rings. The smallest absolute Gasteiger partial charge is 0.407 e. The lowest BCUT2D eigenvalue weighted by Gasteiger charge is -2.28. The number of H-pyrrole nitrogens is 2. The van der Waals surface area contributed by atoms with Crippen molar-refractivity contribution < 1.29 is 33.8 Å². The van der Waals surface area contributed by atoms with E-state index in [2.05, 4.69) is 54.6 Å². The molecule has 15 heteroatoms. The fraction of sp³-hybridized carbons (Fsp3) is 0.292. The highest BCUT2D eigenvalue weighted by Gasteiger charge is 2.37. The molecule has 0 radical (unpaired) electrons. The minimum absolute atomic E-state index is 0.183. The zero-order valence-electron chi connectivity index (χ0n) is 35.1. The Morgan fingerprint density at radius 1 is 0.698 bits per heavy atom. The molecule has 8 rings (SSSR count). The number of nitrogens with one attached hydrogen (secondary N) is 4. The first-order chi connectivity index (χ1) is 30.6. The van der Waals surface area contributed by atoms with Gasteiger partial charge in [-0.2, -0.15) is 0 Å². The molecule has 5 N–H and O–H groups in total. The number of nitrogens with zero attached hydrogens (tertiary/aromatic N) is 4. The number of aromatic nitrogens is 4. The second-order valence-electron chi connectivity index (χ2n) is 15.9. The summed E-state index contributed by atoms with van der Waals surface area (Å²) < 4.78 is 10.6. The van der Waals surface area contributed by atoms with E-state index in [1.165, 1.54) is 7.11 Å². The highest BCUT2D eigenvalue weighted by Crippen LogP contribution is 2.35. The Kier molecular flexibility index (Phi) is 12.8. The number of likely N-dealkylation sites (tertiary alicyclic amines) is 2. The zero-order chi connectivity index (χ0) is 43.9. The average Bonchev–Trinajstić information content (AvgIpc) is 4.16. The highest BCUT2D eigenvalue weighted by atomic mass is 16.5. The molecule has 0 spiro atoms. The third-order valence-corrected chi connectivity index (χ3v) is 11.7. The van der Waals surface area contributed by atoms with Crippen LogP contribution in [-0.2, 0) is 27.4 Å². The number of carbonyl (C=O) groups is 4. The van der Waals surface area contributed by atoms with Crippen molar-refractivity contribution in [1.82, 2.24) is 40.4 Å². The highest BCUT2D eigenvalue weighted by molar-refractivity contribution is 5.87. The standard InChI is InChI=1S/C48H50N8O7/c1-30(51-48(61)62-2)45(57)55-24-6-10-41(55)43-49-27-39(52-43)35-18-14-33(15-19-35)34-16-20-36(21-17-34)40-28-50-44(53-40)42-11-7-25-56(42)46(58)38(54-47(59)60)26-31-12-22-37(23-13-31)63-29-32-8-4-3-5-9-32/h3-5,8-9,12-23,27-28,30,38,41-42,54H,6-7,10-11,24-26,29H2,1-2H3,(H,49,52)(H,50,53)(H,51,61)(H,59,60)/t30-,38-,41-,42-/m0/s1. The molecule has 2 aromatic heterocycles. The second-order valence-corrected chi connectivity index (χ2v) is 15.9. The van der Waals surface area contributed by atoms with Gasteiger partial charge in [0.05, 0.1) is 43.0 Å². The van der Waals surface area contributed by atoms with Crippen molar-refractivity contribution in [1.29, 1.82) is 0 Å². The van der Waals surface area contributed by atoms with Crippen molar-refractivity contribution in [2.24, 2.45) is 0 Å². The van der Waals surface area contributed by atoms with E-state index in [0.29, 0.717) is 43.5 Å². The van der Waals surface area contributed by atoms with E-state index < -0.39 is 24.3 Å². The number of benzene rings is 4. The van der Waals surface area contributed by atoms with Gasteiger partial charge in [0, 0.05) is 19.5 Å². The molecule has 0 unspecified atom stereocenters. The Bertz CT molecular complexity index is 2520. The molecule has 0 bridgehead atoms. The van der Waals surface area contributed by atoms with Gasteiger partial charge >= 0.3 is 12.2 Å². The van der Waals surface area contributed by atoms with E-state index in [1.54, 1.807) is 29.1 Å². The maximum absolute atomic E-state index is 14.0. The van der Waals surface area contributed by atoms with Crippen molar-refractivity contribution in [3.05, 3.63) is 138 Å². The third kappa shape index (κ3) is 9.88. The molecule has 0 aliphatic carbocycles. The van der Waals surface area contributed by atoms with Crippen molar-refractivity contribution in [2.75, 3.05) is 20.2 Å². The monoisotopic (exact) mass is 850 g/mol. The number of alkyl carbamates (subject to hydrolysis) is 1. The van der Waals surface area contributed by atoms with Gasteiger partial charge in [0.15, 0.2) is 0 Å². The molecular weight excluding hydrogens is 801 g/mol. The summed E-state index contributed by atoms with van der Waals surface area (Å²) in [7, 11) is 1.27. The summed E-state index contributed by atoms with van der Waals surface area (Å²) in [5.41, 5.74) is 7.47. The first kappa shape index (κ1) is 42.3. The summed E-state index contributed by atoms with van der Waals surface area (Å²) in [4.78, 5) is 70.3. The Labute approximate surface area is 364 Å². The van der Waals surface area contributed by atoms with Crippen molar-refractivity contribution >= 4 is 24.0 Å². The maximum Gasteiger partial charge on any atom is 0.407 e. The van der Waals surface area contributed by atoms with E-state index in [9.17, 15) is 24.3 Å². The summed E-state index contributed by atoms with van der Waals surface area (Å²) in [6.45, 7) is 3.16. The fourth-order valence-electron chi connectivity index (χ4n) is 8.41. The van der Waals surface area contributed by atoms with Crippen LogP contribution in [0, 0.1) is 0 Å². The normalized spacial score (nSPS) is 16.9. The molecule has 2 aliphatic heterocycles. The first-order valence-corrected chi connectivity index (χ1v) is 21.1. The Morgan fingerprint density at radius 3 is 1.75 bits per heavy atom. The molecule has 4 amide bonds. The van der Waals surface area contributed by atoms with E-state index in [0.717, 1.165) is 64.0 Å². The van der Waals surface area contributed by atoms with Crippen LogP contribution < -0.4 is 15.4 Å². The summed E-state index contributed by atoms with van der Waals surface area (Å²) in [6.07, 6.45) is 4.92. The lowest BCUT2D eigenvalue weighted by Crippen LogP contribution is -2.49. The van der Waals surface area contributed by atoms with Gasteiger partial charge in [-0.25, -0.2) is 19.6 Å². The topological polar surface area (TPSA) is 195 Å². The molecule has 6 aromatic rings. The number of methoxy groups -OCH3 is 1. The zero-order valence-corrected chi connectivity index (χ0v) is 35.1. The van der Waals surface area contributed by atoms with Crippen LogP contribution in [0.15, 0.2) is 116 Å². The lowest BCUT2D eigenvalue weighted by atomic mass is 10.0. The van der Waals surface area contributed by atoms with Crippen LogP contribution in [0.2, 0.25) is 0 Å². The van der Waals surface area contributed by atoms with Crippen LogP contribution in [0.1, 0.15) is 67.5 Å². The summed E-state index contributed by atoms with van der Waals surface area (Å²) in [5, 5.41) is 14.7. The van der Waals surface area contributed by atoms with Gasteiger partial charge in [-0.05, 0) is 78.1 Å². The van der Waals surface area contributed by atoms with Crippen molar-refractivity contribution in [2.45, 2.75) is 69.8 Å². The van der Waals surface area contributed by atoms with Crippen molar-refractivity contribution in [3.63, 3.8) is 0 Å². The largest absolute Gasteiger partial charge is 0.489 e. The molecule has 0 saturated carbocycles. The number of rotatable bonds is 14. The molecule has 2 fully saturated rings. The van der Waals surface area contributed by atoms with Gasteiger partial charge in [-0.3, -0.25) is 9.59 Å². The fourth-order valence-corrected chi connectivity index (χ4v) is 8.41. The molecule has 4 atom stereocenters. The number of hydrogen-bond donors (Lipinski definition) is 5. The van der Waals surface area contributed by atoms with Crippen LogP contribution >= 0.6 is 0 Å². The predicted octanol–water partition coefficient (Wildman–Crippen LogP) is 7.66. The van der Waals surface area contributed by atoms with Gasteiger partial charge < -0.3 is 45.0 Å². The molecule has 2 saturated heterocycles. The molecule has 4 aromatic carbocycles. The SMILES string of the molecule is COC(=O)N[C@@H](C)C(=O)N1CCC[C@H]1c1ncc(-c2ccc(-c3ccc(-c4cnc([C@@H]5CCCN5C(=O)[C@H](Cc5ccc(OCc6ccccc6)cc5)NC(=O)O)[nH]4)cc3)cc2)[nH]1. The Hall–Kier alpha value is -7.42. The molecule has 63 heavy (non-hydrogen) atoms. The first-order valence-electron chi connectivity index (χ1n) is 21.1. The third-order valence-electron chi connectivity index (χ3n) is 11.7. The molecule has 324 valence electrons. The number of imidazole rings is 2. The van der Waals surface area contributed by atoms with Crippen LogP contribution in [0.5, 0.6) is 5.75 Å². The van der Waals surface area contributed by atoms with Crippen LogP contribution in [0.4, 0.5) is 9.59 Å². The van der Waals surface area contributed by atoms with E-state index in [-0.39, 0.29) is 30.3 Å². The molecule has 15 nitrogen and oxygen atoms in total. The second kappa shape index (κ2) is 19.1. The van der Waals surface area contributed by atoms with Crippen LogP contribution in [0.25, 0.3) is 33.6 Å². The van der Waals surface area contributed by atoms with Gasteiger partial charge in [-0.15, -0.1) is 0 Å². The van der Waals surface area contributed by atoms with Gasteiger partial charge in [0.1, 0.15) is 36.1 Å². The summed E-state index contributed by atoms with van der Waals surface area (Å²) in [5.74, 6) is 1.57.